The Labute approximate surface area is 133 Å². The molecule has 7 heteroatoms. The van der Waals surface area contributed by atoms with Crippen LogP contribution in [0.4, 0.5) is 4.79 Å². The summed E-state index contributed by atoms with van der Waals surface area (Å²) >= 11 is 0. The molecule has 2 aliphatic heterocycles. The third kappa shape index (κ3) is 2.11. The van der Waals surface area contributed by atoms with Crippen molar-refractivity contribution in [1.82, 2.24) is 24.9 Å². The molecule has 2 fully saturated rings. The summed E-state index contributed by atoms with van der Waals surface area (Å²) in [7, 11) is 0. The van der Waals surface area contributed by atoms with Crippen LogP contribution < -0.4 is 10.6 Å². The van der Waals surface area contributed by atoms with Crippen LogP contribution in [0.5, 0.6) is 0 Å². The molecule has 3 amide bonds. The normalized spacial score (nSPS) is 20.5. The van der Waals surface area contributed by atoms with Crippen molar-refractivity contribution < 1.29 is 9.59 Å². The number of carbonyl (C=O) groups is 2. The SMILES string of the molecule is Cc1cccn2c(CN3C(=O)NC4(CCNCC4)C3=O)cnc12. The number of imidazole rings is 1. The van der Waals surface area contributed by atoms with Crippen LogP contribution in [-0.4, -0.2) is 44.9 Å². The average Bonchev–Trinajstić information content (AvgIpc) is 3.05. The summed E-state index contributed by atoms with van der Waals surface area (Å²) in [6.07, 6.45) is 4.92. The van der Waals surface area contributed by atoms with Crippen LogP contribution in [0, 0.1) is 6.92 Å². The maximum Gasteiger partial charge on any atom is 0.325 e. The molecule has 0 aromatic carbocycles. The van der Waals surface area contributed by atoms with Gasteiger partial charge in [-0.3, -0.25) is 9.69 Å². The van der Waals surface area contributed by atoms with Crippen molar-refractivity contribution in [3.05, 3.63) is 35.8 Å². The molecule has 4 rings (SSSR count). The molecule has 0 radical (unpaired) electrons. The van der Waals surface area contributed by atoms with Crippen LogP contribution in [0.25, 0.3) is 5.65 Å². The topological polar surface area (TPSA) is 78.7 Å². The highest BCUT2D eigenvalue weighted by Crippen LogP contribution is 2.28. The number of rotatable bonds is 2. The Kier molecular flexibility index (Phi) is 3.12. The van der Waals surface area contributed by atoms with E-state index in [4.69, 9.17) is 0 Å². The van der Waals surface area contributed by atoms with Gasteiger partial charge in [0, 0.05) is 6.20 Å². The van der Waals surface area contributed by atoms with Crippen LogP contribution in [0.2, 0.25) is 0 Å². The van der Waals surface area contributed by atoms with Crippen molar-refractivity contribution in [2.75, 3.05) is 13.1 Å². The second-order valence-electron chi connectivity index (χ2n) is 6.29. The first-order valence-corrected chi connectivity index (χ1v) is 7.87. The first-order chi connectivity index (χ1) is 11.1. The van der Waals surface area contributed by atoms with Gasteiger partial charge >= 0.3 is 6.03 Å². The lowest BCUT2D eigenvalue weighted by atomic mass is 9.88. The summed E-state index contributed by atoms with van der Waals surface area (Å²) in [5, 5.41) is 6.13. The van der Waals surface area contributed by atoms with Crippen molar-refractivity contribution in [1.29, 1.82) is 0 Å². The maximum absolute atomic E-state index is 12.8. The standard InChI is InChI=1S/C16H19N5O2/c1-11-3-2-8-20-12(9-18-13(11)20)10-21-14(22)16(19-15(21)23)4-6-17-7-5-16/h2-3,8-9,17H,4-7,10H2,1H3,(H,19,23). The highest BCUT2D eigenvalue weighted by atomic mass is 16.2. The van der Waals surface area contributed by atoms with Gasteiger partial charge in [-0.05, 0) is 44.5 Å². The molecule has 0 aliphatic carbocycles. The molecule has 4 heterocycles. The van der Waals surface area contributed by atoms with Crippen LogP contribution in [0.3, 0.4) is 0 Å². The lowest BCUT2D eigenvalue weighted by Gasteiger charge is -2.31. The summed E-state index contributed by atoms with van der Waals surface area (Å²) in [5.41, 5.74) is 2.02. The molecule has 0 bridgehead atoms. The van der Waals surface area contributed by atoms with E-state index in [0.29, 0.717) is 12.8 Å². The van der Waals surface area contributed by atoms with Crippen molar-refractivity contribution in [3.8, 4) is 0 Å². The van der Waals surface area contributed by atoms with E-state index in [2.05, 4.69) is 15.6 Å². The zero-order valence-electron chi connectivity index (χ0n) is 13.0. The quantitative estimate of drug-likeness (QED) is 0.805. The van der Waals surface area contributed by atoms with Crippen molar-refractivity contribution in [2.45, 2.75) is 31.8 Å². The number of imide groups is 1. The fourth-order valence-electron chi connectivity index (χ4n) is 3.49. The Balaban J connectivity index is 1.64. The summed E-state index contributed by atoms with van der Waals surface area (Å²) in [6.45, 7) is 3.72. The summed E-state index contributed by atoms with van der Waals surface area (Å²) in [6, 6.07) is 3.62. The summed E-state index contributed by atoms with van der Waals surface area (Å²) in [4.78, 5) is 30.9. The van der Waals surface area contributed by atoms with Crippen molar-refractivity contribution in [2.24, 2.45) is 0 Å². The molecule has 2 aliphatic rings. The largest absolute Gasteiger partial charge is 0.325 e. The number of carbonyl (C=O) groups excluding carboxylic acids is 2. The minimum absolute atomic E-state index is 0.119. The second-order valence-corrected chi connectivity index (χ2v) is 6.29. The van der Waals surface area contributed by atoms with E-state index < -0.39 is 5.54 Å². The first-order valence-electron chi connectivity index (χ1n) is 7.87. The van der Waals surface area contributed by atoms with Gasteiger partial charge in [-0.2, -0.15) is 0 Å². The molecule has 7 nitrogen and oxygen atoms in total. The van der Waals surface area contributed by atoms with E-state index in [0.717, 1.165) is 30.0 Å². The number of piperidine rings is 1. The monoisotopic (exact) mass is 313 g/mol. The number of urea groups is 1. The Morgan fingerprint density at radius 2 is 2.09 bits per heavy atom. The highest BCUT2D eigenvalue weighted by Gasteiger charge is 2.51. The molecule has 23 heavy (non-hydrogen) atoms. The predicted octanol–water partition coefficient (Wildman–Crippen LogP) is 0.817. The molecule has 2 aromatic heterocycles. The number of aromatic nitrogens is 2. The number of pyridine rings is 1. The van der Waals surface area contributed by atoms with E-state index in [1.54, 1.807) is 6.20 Å². The van der Waals surface area contributed by atoms with E-state index in [9.17, 15) is 9.59 Å². The molecule has 120 valence electrons. The number of fused-ring (bicyclic) bond motifs is 1. The molecular weight excluding hydrogens is 294 g/mol. The Hall–Kier alpha value is -2.41. The molecular formula is C16H19N5O2. The zero-order valence-corrected chi connectivity index (χ0v) is 13.0. The molecule has 1 spiro atoms. The number of nitrogens with one attached hydrogen (secondary N) is 2. The minimum atomic E-state index is -0.723. The molecule has 2 aromatic rings. The Morgan fingerprint density at radius 3 is 2.87 bits per heavy atom. The summed E-state index contributed by atoms with van der Waals surface area (Å²) < 4.78 is 1.93. The Bertz CT molecular complexity index is 791. The van der Waals surface area contributed by atoms with Crippen LogP contribution in [0.1, 0.15) is 24.1 Å². The van der Waals surface area contributed by atoms with Gasteiger partial charge in [0.2, 0.25) is 0 Å². The lowest BCUT2D eigenvalue weighted by molar-refractivity contribution is -0.132. The van der Waals surface area contributed by atoms with Gasteiger partial charge in [0.15, 0.2) is 0 Å². The lowest BCUT2D eigenvalue weighted by Crippen LogP contribution is -2.53. The number of amides is 3. The third-order valence-electron chi connectivity index (χ3n) is 4.83. The molecule has 0 atom stereocenters. The van der Waals surface area contributed by atoms with Gasteiger partial charge in [-0.1, -0.05) is 6.07 Å². The second kappa shape index (κ2) is 5.06. The smallest absolute Gasteiger partial charge is 0.323 e. The minimum Gasteiger partial charge on any atom is -0.323 e. The fourth-order valence-corrected chi connectivity index (χ4v) is 3.49. The van der Waals surface area contributed by atoms with E-state index in [1.807, 2.05) is 29.7 Å². The van der Waals surface area contributed by atoms with Gasteiger partial charge in [0.1, 0.15) is 11.2 Å². The molecule has 2 saturated heterocycles. The van der Waals surface area contributed by atoms with E-state index in [1.165, 1.54) is 4.90 Å². The fraction of sp³-hybridized carbons (Fsp3) is 0.438. The van der Waals surface area contributed by atoms with Gasteiger partial charge in [0.05, 0.1) is 18.4 Å². The summed E-state index contributed by atoms with van der Waals surface area (Å²) in [5.74, 6) is -0.119. The van der Waals surface area contributed by atoms with Gasteiger partial charge < -0.3 is 15.0 Å². The van der Waals surface area contributed by atoms with Crippen molar-refractivity contribution in [3.63, 3.8) is 0 Å². The first kappa shape index (κ1) is 14.2. The van der Waals surface area contributed by atoms with E-state index in [-0.39, 0.29) is 18.5 Å². The molecule has 0 unspecified atom stereocenters. The predicted molar refractivity (Wildman–Crippen MR) is 83.8 cm³/mol. The van der Waals surface area contributed by atoms with Crippen molar-refractivity contribution >= 4 is 17.6 Å². The number of hydrogen-bond acceptors (Lipinski definition) is 4. The van der Waals surface area contributed by atoms with E-state index >= 15 is 0 Å². The number of hydrogen-bond donors (Lipinski definition) is 2. The number of aryl methyl sites for hydroxylation is 1. The number of nitrogens with zero attached hydrogens (tertiary/aromatic N) is 3. The van der Waals surface area contributed by atoms with Crippen LogP contribution in [0.15, 0.2) is 24.5 Å². The molecule has 0 saturated carbocycles. The van der Waals surface area contributed by atoms with Crippen LogP contribution >= 0.6 is 0 Å². The molecule has 2 N–H and O–H groups in total. The van der Waals surface area contributed by atoms with Gasteiger partial charge in [-0.25, -0.2) is 9.78 Å². The highest BCUT2D eigenvalue weighted by molar-refractivity contribution is 6.07. The average molecular weight is 313 g/mol. The Morgan fingerprint density at radius 1 is 1.30 bits per heavy atom. The van der Waals surface area contributed by atoms with Crippen LogP contribution in [-0.2, 0) is 11.3 Å². The van der Waals surface area contributed by atoms with Gasteiger partial charge in [-0.15, -0.1) is 0 Å². The maximum atomic E-state index is 12.8. The zero-order chi connectivity index (χ0) is 16.0. The third-order valence-corrected chi connectivity index (χ3v) is 4.83. The van der Waals surface area contributed by atoms with Gasteiger partial charge in [0.25, 0.3) is 5.91 Å².